The van der Waals surface area contributed by atoms with Crippen LogP contribution in [-0.2, 0) is 11.3 Å². The van der Waals surface area contributed by atoms with Gasteiger partial charge in [-0.15, -0.1) is 0 Å². The third kappa shape index (κ3) is 7.81. The fourth-order valence-corrected chi connectivity index (χ4v) is 2.67. The van der Waals surface area contributed by atoms with Gasteiger partial charge in [0.25, 0.3) is 0 Å². The van der Waals surface area contributed by atoms with Crippen molar-refractivity contribution in [2.75, 3.05) is 5.32 Å². The number of amides is 3. The van der Waals surface area contributed by atoms with Gasteiger partial charge in [-0.1, -0.05) is 25.5 Å². The molecule has 29 heavy (non-hydrogen) atoms. The lowest BCUT2D eigenvalue weighted by molar-refractivity contribution is -0.118. The van der Waals surface area contributed by atoms with Crippen LogP contribution in [0, 0.1) is 5.82 Å². The number of carbonyl (C=O) groups is 2. The Kier molecular flexibility index (Phi) is 8.45. The van der Waals surface area contributed by atoms with Crippen molar-refractivity contribution in [1.82, 2.24) is 10.6 Å². The fraction of sp³-hybridized carbons (Fsp3) is 0.364. The summed E-state index contributed by atoms with van der Waals surface area (Å²) < 4.78 is 18.5. The third-order valence-corrected chi connectivity index (χ3v) is 4.06. The molecular weight excluding hydrogens is 373 g/mol. The zero-order valence-electron chi connectivity index (χ0n) is 17.0. The van der Waals surface area contributed by atoms with E-state index in [9.17, 15) is 14.0 Å². The first-order valence-corrected chi connectivity index (χ1v) is 9.73. The van der Waals surface area contributed by atoms with Crippen molar-refractivity contribution >= 4 is 17.6 Å². The summed E-state index contributed by atoms with van der Waals surface area (Å²) in [7, 11) is 0. The van der Waals surface area contributed by atoms with E-state index in [-0.39, 0.29) is 24.4 Å². The van der Waals surface area contributed by atoms with Crippen molar-refractivity contribution in [3.8, 4) is 5.75 Å². The highest BCUT2D eigenvalue weighted by atomic mass is 19.1. The van der Waals surface area contributed by atoms with Crippen molar-refractivity contribution in [3.63, 3.8) is 0 Å². The van der Waals surface area contributed by atoms with Gasteiger partial charge in [-0.05, 0) is 62.2 Å². The molecule has 1 atom stereocenters. The van der Waals surface area contributed by atoms with Gasteiger partial charge < -0.3 is 20.7 Å². The second-order valence-corrected chi connectivity index (χ2v) is 6.97. The van der Waals surface area contributed by atoms with Crippen LogP contribution in [0.5, 0.6) is 5.75 Å². The van der Waals surface area contributed by atoms with Gasteiger partial charge in [-0.2, -0.15) is 0 Å². The summed E-state index contributed by atoms with van der Waals surface area (Å²) in [6, 6.07) is 11.8. The highest BCUT2D eigenvalue weighted by molar-refractivity contribution is 5.97. The van der Waals surface area contributed by atoms with E-state index in [1.54, 1.807) is 36.4 Å². The lowest BCUT2D eigenvalue weighted by Gasteiger charge is -2.18. The molecular formula is C22H28FN3O3. The van der Waals surface area contributed by atoms with Gasteiger partial charge >= 0.3 is 6.03 Å². The molecule has 3 amide bonds. The van der Waals surface area contributed by atoms with Crippen LogP contribution in [0.25, 0.3) is 0 Å². The predicted octanol–water partition coefficient (Wildman–Crippen LogP) is 4.22. The minimum absolute atomic E-state index is 0.0713. The molecule has 0 aromatic heterocycles. The zero-order chi connectivity index (χ0) is 21.2. The van der Waals surface area contributed by atoms with Gasteiger partial charge in [0.2, 0.25) is 5.91 Å². The summed E-state index contributed by atoms with van der Waals surface area (Å²) in [5.74, 6) is 0.101. The molecule has 0 saturated carbocycles. The number of urea groups is 1. The molecule has 0 saturated heterocycles. The first-order chi connectivity index (χ1) is 13.9. The lowest BCUT2D eigenvalue weighted by Crippen LogP contribution is -2.47. The van der Waals surface area contributed by atoms with E-state index >= 15 is 0 Å². The predicted molar refractivity (Wildman–Crippen MR) is 111 cm³/mol. The van der Waals surface area contributed by atoms with Crippen LogP contribution in [0.4, 0.5) is 14.9 Å². The summed E-state index contributed by atoms with van der Waals surface area (Å²) in [6.45, 7) is 6.07. The number of benzene rings is 2. The Morgan fingerprint density at radius 1 is 1.03 bits per heavy atom. The Balaban J connectivity index is 1.88. The fourth-order valence-electron chi connectivity index (χ4n) is 2.67. The van der Waals surface area contributed by atoms with Crippen LogP contribution in [0.3, 0.4) is 0 Å². The van der Waals surface area contributed by atoms with E-state index in [1.807, 2.05) is 20.8 Å². The van der Waals surface area contributed by atoms with Crippen molar-refractivity contribution < 1.29 is 18.7 Å². The number of carbonyl (C=O) groups excluding carboxylic acids is 2. The third-order valence-electron chi connectivity index (χ3n) is 4.06. The van der Waals surface area contributed by atoms with Gasteiger partial charge in [-0.3, -0.25) is 4.79 Å². The van der Waals surface area contributed by atoms with Crippen molar-refractivity contribution in [3.05, 3.63) is 59.9 Å². The molecule has 0 radical (unpaired) electrons. The van der Waals surface area contributed by atoms with Crippen LogP contribution < -0.4 is 20.7 Å². The molecule has 0 fully saturated rings. The van der Waals surface area contributed by atoms with E-state index in [0.717, 1.165) is 17.7 Å². The molecule has 3 N–H and O–H groups in total. The van der Waals surface area contributed by atoms with Gasteiger partial charge in [-0.25, -0.2) is 9.18 Å². The Morgan fingerprint density at radius 3 is 2.28 bits per heavy atom. The number of anilines is 1. The average molecular weight is 401 g/mol. The summed E-state index contributed by atoms with van der Waals surface area (Å²) >= 11 is 0. The maximum absolute atomic E-state index is 12.9. The lowest BCUT2D eigenvalue weighted by atomic mass is 10.1. The van der Waals surface area contributed by atoms with E-state index in [1.165, 1.54) is 12.1 Å². The molecule has 2 rings (SSSR count). The number of hydrogen-bond donors (Lipinski definition) is 3. The topological polar surface area (TPSA) is 79.5 Å². The monoisotopic (exact) mass is 401 g/mol. The molecule has 156 valence electrons. The molecule has 0 heterocycles. The molecule has 0 spiro atoms. The van der Waals surface area contributed by atoms with Gasteiger partial charge in [0.1, 0.15) is 17.6 Å². The summed E-state index contributed by atoms with van der Waals surface area (Å²) in [5.41, 5.74) is 1.39. The van der Waals surface area contributed by atoms with Crippen LogP contribution in [0.2, 0.25) is 0 Å². The van der Waals surface area contributed by atoms with Gasteiger partial charge in [0.05, 0.1) is 6.10 Å². The van der Waals surface area contributed by atoms with Crippen molar-refractivity contribution in [2.45, 2.75) is 52.3 Å². The van der Waals surface area contributed by atoms with Crippen LogP contribution >= 0.6 is 0 Å². The van der Waals surface area contributed by atoms with Gasteiger partial charge in [0, 0.05) is 12.2 Å². The van der Waals surface area contributed by atoms with E-state index in [2.05, 4.69) is 16.0 Å². The summed E-state index contributed by atoms with van der Waals surface area (Å²) in [4.78, 5) is 24.8. The standard InChI is InChI=1S/C22H28FN3O3/c1-4-5-20(26-22(28)24-14-16-6-8-17(23)9-7-16)21(27)25-18-10-12-19(13-11-18)29-15(2)3/h6-13,15,20H,4-5,14H2,1-3H3,(H,25,27)(H2,24,26,28). The summed E-state index contributed by atoms with van der Waals surface area (Å²) in [5, 5.41) is 8.19. The smallest absolute Gasteiger partial charge is 0.315 e. The second kappa shape index (κ2) is 11.0. The normalized spacial score (nSPS) is 11.6. The van der Waals surface area contributed by atoms with Crippen molar-refractivity contribution in [1.29, 1.82) is 0 Å². The minimum atomic E-state index is -0.667. The van der Waals surface area contributed by atoms with E-state index in [4.69, 9.17) is 4.74 Å². The molecule has 1 unspecified atom stereocenters. The van der Waals surface area contributed by atoms with Crippen LogP contribution in [-0.4, -0.2) is 24.1 Å². The second-order valence-electron chi connectivity index (χ2n) is 6.97. The molecule has 7 heteroatoms. The maximum Gasteiger partial charge on any atom is 0.315 e. The minimum Gasteiger partial charge on any atom is -0.491 e. The molecule has 2 aromatic carbocycles. The Labute approximate surface area is 170 Å². The van der Waals surface area contributed by atoms with E-state index in [0.29, 0.717) is 12.1 Å². The number of hydrogen-bond acceptors (Lipinski definition) is 3. The number of halogens is 1. The highest BCUT2D eigenvalue weighted by Crippen LogP contribution is 2.17. The Hall–Kier alpha value is -3.09. The van der Waals surface area contributed by atoms with E-state index < -0.39 is 12.1 Å². The first-order valence-electron chi connectivity index (χ1n) is 9.73. The quantitative estimate of drug-likeness (QED) is 0.589. The molecule has 0 aliphatic heterocycles. The highest BCUT2D eigenvalue weighted by Gasteiger charge is 2.20. The van der Waals surface area contributed by atoms with Crippen molar-refractivity contribution in [2.24, 2.45) is 0 Å². The molecule has 2 aromatic rings. The molecule has 0 bridgehead atoms. The maximum atomic E-state index is 12.9. The van der Waals surface area contributed by atoms with Crippen LogP contribution in [0.1, 0.15) is 39.2 Å². The SMILES string of the molecule is CCCC(NC(=O)NCc1ccc(F)cc1)C(=O)Nc1ccc(OC(C)C)cc1. The molecule has 6 nitrogen and oxygen atoms in total. The molecule has 0 aliphatic rings. The number of ether oxygens (including phenoxy) is 1. The first kappa shape index (κ1) is 22.2. The average Bonchev–Trinajstić information content (AvgIpc) is 2.68. The Morgan fingerprint density at radius 2 is 1.69 bits per heavy atom. The zero-order valence-corrected chi connectivity index (χ0v) is 17.0. The number of rotatable bonds is 9. The summed E-state index contributed by atoms with van der Waals surface area (Å²) in [6.07, 6.45) is 1.31. The van der Waals surface area contributed by atoms with Crippen LogP contribution in [0.15, 0.2) is 48.5 Å². The molecule has 0 aliphatic carbocycles. The Bertz CT molecular complexity index is 792. The van der Waals surface area contributed by atoms with Gasteiger partial charge in [0.15, 0.2) is 0 Å². The number of nitrogens with one attached hydrogen (secondary N) is 3. The largest absolute Gasteiger partial charge is 0.491 e.